The number of hydrogen-bond donors (Lipinski definition) is 0. The molecule has 0 spiro atoms. The van der Waals surface area contributed by atoms with E-state index in [4.69, 9.17) is 4.74 Å². The monoisotopic (exact) mass is 281 g/mol. The summed E-state index contributed by atoms with van der Waals surface area (Å²) in [5, 5.41) is 5.90. The molecule has 21 heavy (non-hydrogen) atoms. The van der Waals surface area contributed by atoms with Crippen molar-refractivity contribution >= 4 is 17.3 Å². The summed E-state index contributed by atoms with van der Waals surface area (Å²) in [5.74, 6) is 0.348. The number of carbonyl (C=O) groups is 1. The maximum atomic E-state index is 12.4. The average Bonchev–Trinajstić information content (AvgIpc) is 2.84. The van der Waals surface area contributed by atoms with Crippen LogP contribution >= 0.6 is 0 Å². The molecule has 2 aromatic rings. The van der Waals surface area contributed by atoms with Gasteiger partial charge in [0.2, 0.25) is 0 Å². The highest BCUT2D eigenvalue weighted by Crippen LogP contribution is 2.28. The van der Waals surface area contributed by atoms with Gasteiger partial charge in [0.05, 0.1) is 24.4 Å². The lowest BCUT2D eigenvalue weighted by Gasteiger charge is -2.13. The number of hydrogen-bond acceptors (Lipinski definition) is 4. The minimum absolute atomic E-state index is 0.0536. The Morgan fingerprint density at radius 3 is 2.81 bits per heavy atom. The zero-order valence-electron chi connectivity index (χ0n) is 11.9. The lowest BCUT2D eigenvalue weighted by Crippen LogP contribution is -2.25. The van der Waals surface area contributed by atoms with E-state index in [9.17, 15) is 4.79 Å². The van der Waals surface area contributed by atoms with Crippen LogP contribution in [0.3, 0.4) is 0 Å². The van der Waals surface area contributed by atoms with Crippen molar-refractivity contribution in [3.05, 3.63) is 54.4 Å². The molecule has 0 saturated carbocycles. The molecule has 2 heterocycles. The first-order chi connectivity index (χ1) is 10.2. The number of anilines is 1. The third-order valence-corrected chi connectivity index (χ3v) is 3.45. The van der Waals surface area contributed by atoms with Gasteiger partial charge in [-0.15, -0.1) is 0 Å². The first-order valence-corrected chi connectivity index (χ1v) is 6.67. The van der Waals surface area contributed by atoms with Gasteiger partial charge < -0.3 is 4.74 Å². The molecule has 1 aliphatic rings. The molecule has 1 amide bonds. The molecule has 0 radical (unpaired) electrons. The van der Waals surface area contributed by atoms with Crippen molar-refractivity contribution < 1.29 is 9.53 Å². The standard InChI is InChI=1S/C16H15N3O2/c1-11-15(12-5-4-8-17-10-12)18-19(16(11)20)13-6-3-7-14(9-13)21-2/h3-11H,1-2H3. The molecule has 106 valence electrons. The van der Waals surface area contributed by atoms with Gasteiger partial charge in [0, 0.05) is 24.0 Å². The number of nitrogens with zero attached hydrogens (tertiary/aromatic N) is 3. The Labute approximate surface area is 122 Å². The highest BCUT2D eigenvalue weighted by Gasteiger charge is 2.34. The maximum absolute atomic E-state index is 12.4. The van der Waals surface area contributed by atoms with Crippen LogP contribution in [0.4, 0.5) is 5.69 Å². The van der Waals surface area contributed by atoms with Crippen LogP contribution in [-0.2, 0) is 4.79 Å². The van der Waals surface area contributed by atoms with Crippen LogP contribution in [0.1, 0.15) is 12.5 Å². The van der Waals surface area contributed by atoms with Crippen molar-refractivity contribution in [3.8, 4) is 5.75 Å². The van der Waals surface area contributed by atoms with Crippen LogP contribution in [0.15, 0.2) is 53.9 Å². The van der Waals surface area contributed by atoms with Crippen molar-refractivity contribution in [3.63, 3.8) is 0 Å². The van der Waals surface area contributed by atoms with Crippen LogP contribution in [0.25, 0.3) is 0 Å². The number of methoxy groups -OCH3 is 1. The van der Waals surface area contributed by atoms with E-state index in [1.165, 1.54) is 5.01 Å². The predicted octanol–water partition coefficient (Wildman–Crippen LogP) is 2.48. The fourth-order valence-corrected chi connectivity index (χ4v) is 2.29. The molecule has 3 rings (SSSR count). The van der Waals surface area contributed by atoms with Crippen LogP contribution in [0.2, 0.25) is 0 Å². The third kappa shape index (κ3) is 2.38. The second kappa shape index (κ2) is 5.36. The molecule has 5 heteroatoms. The smallest absolute Gasteiger partial charge is 0.256 e. The fraction of sp³-hybridized carbons (Fsp3) is 0.188. The summed E-state index contributed by atoms with van der Waals surface area (Å²) in [6, 6.07) is 11.0. The van der Waals surface area contributed by atoms with Gasteiger partial charge in [-0.3, -0.25) is 9.78 Å². The van der Waals surface area contributed by atoms with E-state index < -0.39 is 0 Å². The van der Waals surface area contributed by atoms with Gasteiger partial charge in [-0.1, -0.05) is 6.07 Å². The van der Waals surface area contributed by atoms with Gasteiger partial charge in [0.1, 0.15) is 5.75 Å². The Hall–Kier alpha value is -2.69. The van der Waals surface area contributed by atoms with Gasteiger partial charge in [-0.05, 0) is 31.2 Å². The minimum Gasteiger partial charge on any atom is -0.497 e. The lowest BCUT2D eigenvalue weighted by molar-refractivity contribution is -0.119. The van der Waals surface area contributed by atoms with Crippen LogP contribution in [0, 0.1) is 5.92 Å². The molecule has 5 nitrogen and oxygen atoms in total. The summed E-state index contributed by atoms with van der Waals surface area (Å²) in [7, 11) is 1.60. The summed E-state index contributed by atoms with van der Waals surface area (Å²) in [6.07, 6.45) is 3.42. The zero-order valence-corrected chi connectivity index (χ0v) is 11.9. The normalized spacial score (nSPS) is 17.8. The van der Waals surface area contributed by atoms with Crippen molar-refractivity contribution in [2.45, 2.75) is 6.92 Å². The molecular weight excluding hydrogens is 266 g/mol. The zero-order chi connectivity index (χ0) is 14.8. The average molecular weight is 281 g/mol. The topological polar surface area (TPSA) is 54.8 Å². The van der Waals surface area contributed by atoms with Gasteiger partial charge in [0.25, 0.3) is 5.91 Å². The molecule has 0 N–H and O–H groups in total. The Morgan fingerprint density at radius 2 is 2.10 bits per heavy atom. The molecule has 1 unspecified atom stereocenters. The molecule has 0 aliphatic carbocycles. The van der Waals surface area contributed by atoms with E-state index in [0.29, 0.717) is 11.4 Å². The molecule has 1 atom stereocenters. The molecule has 0 saturated heterocycles. The van der Waals surface area contributed by atoms with Crippen LogP contribution in [-0.4, -0.2) is 23.7 Å². The summed E-state index contributed by atoms with van der Waals surface area (Å²) in [5.41, 5.74) is 2.30. The summed E-state index contributed by atoms with van der Waals surface area (Å²) < 4.78 is 5.19. The van der Waals surface area contributed by atoms with Gasteiger partial charge >= 0.3 is 0 Å². The quantitative estimate of drug-likeness (QED) is 0.868. The fourth-order valence-electron chi connectivity index (χ4n) is 2.29. The summed E-state index contributed by atoms with van der Waals surface area (Å²) in [4.78, 5) is 16.5. The van der Waals surface area contributed by atoms with Gasteiger partial charge in [-0.25, -0.2) is 0 Å². The number of hydrazone groups is 1. The number of amides is 1. The maximum Gasteiger partial charge on any atom is 0.256 e. The Balaban J connectivity index is 2.00. The first kappa shape index (κ1) is 13.3. The SMILES string of the molecule is COc1cccc(N2N=C(c3cccnc3)C(C)C2=O)c1. The molecule has 1 aliphatic heterocycles. The molecule has 0 fully saturated rings. The highest BCUT2D eigenvalue weighted by molar-refractivity contribution is 6.21. The van der Waals surface area contributed by atoms with E-state index in [2.05, 4.69) is 10.1 Å². The van der Waals surface area contributed by atoms with Crippen molar-refractivity contribution in [1.29, 1.82) is 0 Å². The van der Waals surface area contributed by atoms with E-state index in [0.717, 1.165) is 11.3 Å². The minimum atomic E-state index is -0.291. The lowest BCUT2D eigenvalue weighted by atomic mass is 10.0. The number of pyridine rings is 1. The summed E-state index contributed by atoms with van der Waals surface area (Å²) >= 11 is 0. The number of ether oxygens (including phenoxy) is 1. The van der Waals surface area contributed by atoms with E-state index >= 15 is 0 Å². The predicted molar refractivity (Wildman–Crippen MR) is 80.4 cm³/mol. The largest absolute Gasteiger partial charge is 0.497 e. The molecule has 1 aromatic carbocycles. The molecular formula is C16H15N3O2. The highest BCUT2D eigenvalue weighted by atomic mass is 16.5. The number of benzene rings is 1. The van der Waals surface area contributed by atoms with E-state index in [1.54, 1.807) is 25.6 Å². The molecule has 1 aromatic heterocycles. The Bertz CT molecular complexity index is 698. The van der Waals surface area contributed by atoms with Crippen molar-refractivity contribution in [2.24, 2.45) is 11.0 Å². The number of aromatic nitrogens is 1. The van der Waals surface area contributed by atoms with Gasteiger partial charge in [-0.2, -0.15) is 10.1 Å². The van der Waals surface area contributed by atoms with E-state index in [1.807, 2.05) is 37.3 Å². The molecule has 0 bridgehead atoms. The first-order valence-electron chi connectivity index (χ1n) is 6.67. The Morgan fingerprint density at radius 1 is 1.24 bits per heavy atom. The Kier molecular flexibility index (Phi) is 3.39. The van der Waals surface area contributed by atoms with Crippen LogP contribution in [0.5, 0.6) is 5.75 Å². The summed E-state index contributed by atoms with van der Waals surface area (Å²) in [6.45, 7) is 1.86. The van der Waals surface area contributed by atoms with Crippen LogP contribution < -0.4 is 9.75 Å². The second-order valence-electron chi connectivity index (χ2n) is 4.80. The third-order valence-electron chi connectivity index (χ3n) is 3.45. The van der Waals surface area contributed by atoms with E-state index in [-0.39, 0.29) is 11.8 Å². The second-order valence-corrected chi connectivity index (χ2v) is 4.80. The number of carbonyl (C=O) groups excluding carboxylic acids is 1. The van der Waals surface area contributed by atoms with Crippen molar-refractivity contribution in [1.82, 2.24) is 4.98 Å². The van der Waals surface area contributed by atoms with Gasteiger partial charge in [0.15, 0.2) is 0 Å². The number of rotatable bonds is 3. The van der Waals surface area contributed by atoms with Crippen molar-refractivity contribution in [2.75, 3.05) is 12.1 Å².